The Hall–Kier alpha value is -2.13. The topological polar surface area (TPSA) is 92.8 Å². The first-order valence-corrected chi connectivity index (χ1v) is 12.7. The minimum atomic E-state index is -3.73. The Bertz CT molecular complexity index is 1080. The van der Waals surface area contributed by atoms with E-state index in [1.807, 2.05) is 0 Å². The summed E-state index contributed by atoms with van der Waals surface area (Å²) in [5.41, 5.74) is 0.591. The van der Waals surface area contributed by atoms with Crippen molar-refractivity contribution >= 4 is 45.1 Å². The molecule has 0 aliphatic heterocycles. The van der Waals surface area contributed by atoms with Gasteiger partial charge >= 0.3 is 5.97 Å². The van der Waals surface area contributed by atoms with Crippen molar-refractivity contribution in [3.05, 3.63) is 63.6 Å². The fourth-order valence-electron chi connectivity index (χ4n) is 3.14. The molecule has 180 valence electrons. The third kappa shape index (κ3) is 6.69. The molecule has 2 aromatic carbocycles. The lowest BCUT2D eigenvalue weighted by atomic mass is 10.0. The summed E-state index contributed by atoms with van der Waals surface area (Å²) in [6, 6.07) is 9.72. The summed E-state index contributed by atoms with van der Waals surface area (Å²) in [7, 11) is -3.73. The van der Waals surface area contributed by atoms with Crippen LogP contribution in [0.1, 0.15) is 43.6 Å². The van der Waals surface area contributed by atoms with Gasteiger partial charge in [-0.05, 0) is 36.2 Å². The smallest absolute Gasteiger partial charge is 0.329 e. The van der Waals surface area contributed by atoms with Crippen LogP contribution in [-0.4, -0.2) is 43.7 Å². The number of benzene rings is 2. The average molecular weight is 515 g/mol. The maximum Gasteiger partial charge on any atom is 0.329 e. The fraction of sp³-hybridized carbons (Fsp3) is 0.391. The Morgan fingerprint density at radius 3 is 2.15 bits per heavy atom. The number of carbonyl (C=O) groups is 2. The van der Waals surface area contributed by atoms with E-state index in [0.29, 0.717) is 28.7 Å². The Balaban J connectivity index is 2.18. The highest BCUT2D eigenvalue weighted by Gasteiger charge is 2.28. The molecule has 0 saturated heterocycles. The molecule has 10 heteroatoms. The standard InChI is InChI=1S/C23H28Cl2N2O5S/c1-5-27(6-2)33(30,31)17-10-7-9-16(13-17)22(28)26-21(15(3)4)23(29)32-14-18-19(24)11-8-12-20(18)25/h7-13,15,21H,5-6,14H2,1-4H3,(H,26,28)/t21-/m1/s1. The molecule has 7 nitrogen and oxygen atoms in total. The molecule has 2 aromatic rings. The van der Waals surface area contributed by atoms with Crippen LogP contribution in [0.5, 0.6) is 0 Å². The molecule has 0 aromatic heterocycles. The number of rotatable bonds is 10. The van der Waals surface area contributed by atoms with Gasteiger partial charge in [0.1, 0.15) is 12.6 Å². The van der Waals surface area contributed by atoms with E-state index >= 15 is 0 Å². The molecular weight excluding hydrogens is 487 g/mol. The van der Waals surface area contributed by atoms with Crippen LogP contribution in [0.2, 0.25) is 10.0 Å². The zero-order valence-electron chi connectivity index (χ0n) is 19.0. The Morgan fingerprint density at radius 1 is 1.03 bits per heavy atom. The van der Waals surface area contributed by atoms with E-state index in [1.54, 1.807) is 45.9 Å². The van der Waals surface area contributed by atoms with Crippen LogP contribution in [0, 0.1) is 5.92 Å². The zero-order valence-corrected chi connectivity index (χ0v) is 21.3. The fourth-order valence-corrected chi connectivity index (χ4v) is 5.15. The van der Waals surface area contributed by atoms with Gasteiger partial charge in [-0.3, -0.25) is 4.79 Å². The van der Waals surface area contributed by atoms with Crippen LogP contribution in [0.4, 0.5) is 0 Å². The van der Waals surface area contributed by atoms with Gasteiger partial charge < -0.3 is 10.1 Å². The third-order valence-corrected chi connectivity index (χ3v) is 7.82. The largest absolute Gasteiger partial charge is 0.459 e. The molecule has 0 fully saturated rings. The molecule has 1 amide bonds. The van der Waals surface area contributed by atoms with E-state index < -0.39 is 27.9 Å². The summed E-state index contributed by atoms with van der Waals surface area (Å²) in [4.78, 5) is 25.6. The van der Waals surface area contributed by atoms with Gasteiger partial charge in [-0.2, -0.15) is 4.31 Å². The van der Waals surface area contributed by atoms with Crippen molar-refractivity contribution < 1.29 is 22.7 Å². The second-order valence-electron chi connectivity index (χ2n) is 7.62. The first kappa shape index (κ1) is 27.1. The van der Waals surface area contributed by atoms with Crippen molar-refractivity contribution in [1.82, 2.24) is 9.62 Å². The number of sulfonamides is 1. The Kier molecular flexibility index (Phi) is 9.72. The first-order valence-electron chi connectivity index (χ1n) is 10.5. The first-order chi connectivity index (χ1) is 15.5. The molecule has 0 heterocycles. The highest BCUT2D eigenvalue weighted by Crippen LogP contribution is 2.25. The molecule has 0 aliphatic rings. The minimum absolute atomic E-state index is 0.0101. The lowest BCUT2D eigenvalue weighted by Gasteiger charge is -2.22. The van der Waals surface area contributed by atoms with Crippen molar-refractivity contribution in [2.24, 2.45) is 5.92 Å². The zero-order chi connectivity index (χ0) is 24.8. The number of carbonyl (C=O) groups excluding carboxylic acids is 2. The van der Waals surface area contributed by atoms with E-state index in [2.05, 4.69) is 5.32 Å². The minimum Gasteiger partial charge on any atom is -0.459 e. The second-order valence-corrected chi connectivity index (χ2v) is 10.4. The molecule has 0 radical (unpaired) electrons. The number of amides is 1. The second kappa shape index (κ2) is 11.8. The molecule has 0 saturated carbocycles. The molecule has 33 heavy (non-hydrogen) atoms. The van der Waals surface area contributed by atoms with Gasteiger partial charge in [-0.1, -0.05) is 63.0 Å². The number of hydrogen-bond donors (Lipinski definition) is 1. The predicted molar refractivity (Wildman–Crippen MR) is 129 cm³/mol. The van der Waals surface area contributed by atoms with Crippen LogP contribution in [0.15, 0.2) is 47.4 Å². The quantitative estimate of drug-likeness (QED) is 0.470. The lowest BCUT2D eigenvalue weighted by molar-refractivity contribution is -0.148. The Labute approximate surface area is 205 Å². The van der Waals surface area contributed by atoms with Crippen LogP contribution in [0.25, 0.3) is 0 Å². The molecule has 0 spiro atoms. The van der Waals surface area contributed by atoms with E-state index in [9.17, 15) is 18.0 Å². The number of hydrogen-bond acceptors (Lipinski definition) is 5. The SMILES string of the molecule is CCN(CC)S(=O)(=O)c1cccc(C(=O)N[C@@H](C(=O)OCc2c(Cl)cccc2Cl)C(C)C)c1. The number of ether oxygens (including phenoxy) is 1. The molecule has 1 N–H and O–H groups in total. The predicted octanol–water partition coefficient (Wildman–Crippen LogP) is 4.52. The summed E-state index contributed by atoms with van der Waals surface area (Å²) < 4.78 is 32.2. The van der Waals surface area contributed by atoms with Gasteiger partial charge in [0.05, 0.1) is 4.90 Å². The van der Waals surface area contributed by atoms with Gasteiger partial charge in [0.15, 0.2) is 0 Å². The highest BCUT2D eigenvalue weighted by atomic mass is 35.5. The average Bonchev–Trinajstić information content (AvgIpc) is 2.77. The van der Waals surface area contributed by atoms with Gasteiger partial charge in [0.25, 0.3) is 5.91 Å². The van der Waals surface area contributed by atoms with Crippen molar-refractivity contribution in [3.8, 4) is 0 Å². The maximum atomic E-state index is 12.9. The van der Waals surface area contributed by atoms with Crippen molar-refractivity contribution in [2.45, 2.75) is 45.2 Å². The summed E-state index contributed by atoms with van der Waals surface area (Å²) in [5, 5.41) is 3.38. The third-order valence-electron chi connectivity index (χ3n) is 5.07. The van der Waals surface area contributed by atoms with Crippen molar-refractivity contribution in [3.63, 3.8) is 0 Å². The van der Waals surface area contributed by atoms with Gasteiger partial charge in [0, 0.05) is 34.3 Å². The van der Waals surface area contributed by atoms with Crippen LogP contribution in [-0.2, 0) is 26.2 Å². The number of halogens is 2. The van der Waals surface area contributed by atoms with E-state index in [0.717, 1.165) is 0 Å². The van der Waals surface area contributed by atoms with Gasteiger partial charge in [0.2, 0.25) is 10.0 Å². The van der Waals surface area contributed by atoms with Crippen LogP contribution in [0.3, 0.4) is 0 Å². The molecule has 0 aliphatic carbocycles. The number of nitrogens with zero attached hydrogens (tertiary/aromatic N) is 1. The highest BCUT2D eigenvalue weighted by molar-refractivity contribution is 7.89. The number of nitrogens with one attached hydrogen (secondary N) is 1. The van der Waals surface area contributed by atoms with E-state index in [-0.39, 0.29) is 23.0 Å². The normalized spacial score (nSPS) is 12.6. The van der Waals surface area contributed by atoms with E-state index in [4.69, 9.17) is 27.9 Å². The lowest BCUT2D eigenvalue weighted by Crippen LogP contribution is -2.45. The molecule has 1 atom stereocenters. The molecular formula is C23H28Cl2N2O5S. The monoisotopic (exact) mass is 514 g/mol. The van der Waals surface area contributed by atoms with Crippen LogP contribution >= 0.6 is 23.2 Å². The van der Waals surface area contributed by atoms with Gasteiger partial charge in [-0.25, -0.2) is 13.2 Å². The van der Waals surface area contributed by atoms with E-state index in [1.165, 1.54) is 28.6 Å². The summed E-state index contributed by atoms with van der Waals surface area (Å²) >= 11 is 12.2. The maximum absolute atomic E-state index is 12.9. The summed E-state index contributed by atoms with van der Waals surface area (Å²) in [5.74, 6) is -1.52. The Morgan fingerprint density at radius 2 is 1.61 bits per heavy atom. The van der Waals surface area contributed by atoms with Crippen molar-refractivity contribution in [1.29, 1.82) is 0 Å². The van der Waals surface area contributed by atoms with Crippen molar-refractivity contribution in [2.75, 3.05) is 13.1 Å². The molecule has 0 bridgehead atoms. The summed E-state index contributed by atoms with van der Waals surface area (Å²) in [6.07, 6.45) is 0. The number of esters is 1. The summed E-state index contributed by atoms with van der Waals surface area (Å²) in [6.45, 7) is 7.48. The molecule has 0 unspecified atom stereocenters. The molecule has 2 rings (SSSR count). The van der Waals surface area contributed by atoms with Gasteiger partial charge in [-0.15, -0.1) is 0 Å². The van der Waals surface area contributed by atoms with Crippen LogP contribution < -0.4 is 5.32 Å².